The smallest absolute Gasteiger partial charge is 0.134 e. The maximum Gasteiger partial charge on any atom is 0.134 e. The van der Waals surface area contributed by atoms with E-state index in [-0.39, 0.29) is 5.54 Å². The van der Waals surface area contributed by atoms with Gasteiger partial charge in [-0.15, -0.1) is 0 Å². The highest BCUT2D eigenvalue weighted by Crippen LogP contribution is 2.24. The first-order valence-corrected chi connectivity index (χ1v) is 6.00. The minimum Gasteiger partial charge on any atom is -0.363 e. The van der Waals surface area contributed by atoms with Crippen molar-refractivity contribution in [3.8, 4) is 0 Å². The highest BCUT2D eigenvalue weighted by Gasteiger charge is 2.20. The Labute approximate surface area is 102 Å². The summed E-state index contributed by atoms with van der Waals surface area (Å²) < 4.78 is 0. The van der Waals surface area contributed by atoms with Gasteiger partial charge in [0.2, 0.25) is 0 Å². The maximum atomic E-state index is 5.82. The van der Waals surface area contributed by atoms with Gasteiger partial charge in [-0.3, -0.25) is 0 Å². The second kappa shape index (κ2) is 4.72. The van der Waals surface area contributed by atoms with Crippen LogP contribution in [0.25, 0.3) is 10.8 Å². The van der Waals surface area contributed by atoms with Crippen molar-refractivity contribution in [2.75, 3.05) is 11.9 Å². The molecule has 0 aliphatic heterocycles. The van der Waals surface area contributed by atoms with Crippen molar-refractivity contribution in [3.63, 3.8) is 0 Å². The van der Waals surface area contributed by atoms with E-state index in [1.54, 1.807) is 0 Å². The summed E-state index contributed by atoms with van der Waals surface area (Å²) in [6.07, 6.45) is 2.80. The molecule has 0 radical (unpaired) electrons. The Bertz CT molecular complexity index is 498. The number of hydrogen-bond donors (Lipinski definition) is 2. The summed E-state index contributed by atoms with van der Waals surface area (Å²) in [5.74, 6) is 0.915. The molecule has 0 amide bonds. The fourth-order valence-corrected chi connectivity index (χ4v) is 1.79. The van der Waals surface area contributed by atoms with Gasteiger partial charge in [0.05, 0.1) is 0 Å². The normalized spacial score (nSPS) is 14.5. The molecule has 1 aromatic heterocycles. The lowest BCUT2D eigenvalue weighted by Gasteiger charge is -2.29. The third-order valence-electron chi connectivity index (χ3n) is 3.32. The SMILES string of the molecule is CCC(C)(CN)Nc1nccc2ccccc12. The van der Waals surface area contributed by atoms with Crippen LogP contribution in [0.3, 0.4) is 0 Å². The van der Waals surface area contributed by atoms with Crippen LogP contribution < -0.4 is 11.1 Å². The van der Waals surface area contributed by atoms with E-state index >= 15 is 0 Å². The largest absolute Gasteiger partial charge is 0.363 e. The van der Waals surface area contributed by atoms with E-state index in [9.17, 15) is 0 Å². The highest BCUT2D eigenvalue weighted by molar-refractivity contribution is 5.91. The first-order valence-electron chi connectivity index (χ1n) is 6.00. The number of rotatable bonds is 4. The summed E-state index contributed by atoms with van der Waals surface area (Å²) in [5, 5.41) is 5.80. The van der Waals surface area contributed by atoms with E-state index in [0.29, 0.717) is 6.54 Å². The predicted octanol–water partition coefficient (Wildman–Crippen LogP) is 2.77. The molecule has 2 rings (SSSR count). The molecule has 17 heavy (non-hydrogen) atoms. The van der Waals surface area contributed by atoms with Gasteiger partial charge in [0.1, 0.15) is 5.82 Å². The van der Waals surface area contributed by atoms with Gasteiger partial charge in [0, 0.05) is 23.7 Å². The minimum absolute atomic E-state index is 0.100. The fraction of sp³-hybridized carbons (Fsp3) is 0.357. The Balaban J connectivity index is 2.42. The van der Waals surface area contributed by atoms with Gasteiger partial charge in [-0.2, -0.15) is 0 Å². The van der Waals surface area contributed by atoms with Gasteiger partial charge in [-0.05, 0) is 24.8 Å². The van der Waals surface area contributed by atoms with Crippen LogP contribution >= 0.6 is 0 Å². The number of fused-ring (bicyclic) bond motifs is 1. The lowest BCUT2D eigenvalue weighted by Crippen LogP contribution is -2.42. The van der Waals surface area contributed by atoms with Crippen molar-refractivity contribution in [1.82, 2.24) is 4.98 Å². The van der Waals surface area contributed by atoms with E-state index in [1.807, 2.05) is 24.4 Å². The second-order valence-electron chi connectivity index (χ2n) is 4.62. The van der Waals surface area contributed by atoms with Gasteiger partial charge < -0.3 is 11.1 Å². The van der Waals surface area contributed by atoms with E-state index in [4.69, 9.17) is 5.73 Å². The molecule has 1 aromatic carbocycles. The zero-order valence-electron chi connectivity index (χ0n) is 10.4. The molecule has 0 saturated heterocycles. The monoisotopic (exact) mass is 229 g/mol. The van der Waals surface area contributed by atoms with Crippen LogP contribution in [0.1, 0.15) is 20.3 Å². The number of aromatic nitrogens is 1. The van der Waals surface area contributed by atoms with Gasteiger partial charge in [-0.1, -0.05) is 31.2 Å². The van der Waals surface area contributed by atoms with Crippen LogP contribution in [0.5, 0.6) is 0 Å². The molecular formula is C14H19N3. The standard InChI is InChI=1S/C14H19N3/c1-3-14(2,10-15)17-13-12-7-5-4-6-11(12)8-9-16-13/h4-9H,3,10,15H2,1-2H3,(H,16,17). The predicted molar refractivity (Wildman–Crippen MR) is 73.1 cm³/mol. The number of benzene rings is 1. The zero-order chi connectivity index (χ0) is 12.3. The Morgan fingerprint density at radius 2 is 2.06 bits per heavy atom. The number of nitrogens with two attached hydrogens (primary N) is 1. The molecule has 90 valence electrons. The van der Waals surface area contributed by atoms with Crippen LogP contribution in [0.4, 0.5) is 5.82 Å². The van der Waals surface area contributed by atoms with E-state index < -0.39 is 0 Å². The number of pyridine rings is 1. The molecule has 3 heteroatoms. The molecule has 2 aromatic rings. The number of hydrogen-bond acceptors (Lipinski definition) is 3. The molecule has 1 unspecified atom stereocenters. The topological polar surface area (TPSA) is 50.9 Å². The number of nitrogens with zero attached hydrogens (tertiary/aromatic N) is 1. The van der Waals surface area contributed by atoms with Gasteiger partial charge in [0.15, 0.2) is 0 Å². The quantitative estimate of drug-likeness (QED) is 0.847. The third-order valence-corrected chi connectivity index (χ3v) is 3.32. The number of nitrogens with one attached hydrogen (secondary N) is 1. The van der Waals surface area contributed by atoms with Crippen LogP contribution in [0, 0.1) is 0 Å². The van der Waals surface area contributed by atoms with Crippen molar-refractivity contribution in [3.05, 3.63) is 36.5 Å². The molecule has 1 heterocycles. The summed E-state index contributed by atoms with van der Waals surface area (Å²) in [4.78, 5) is 4.42. The Kier molecular flexibility index (Phi) is 3.29. The molecule has 0 saturated carbocycles. The van der Waals surface area contributed by atoms with Gasteiger partial charge in [0.25, 0.3) is 0 Å². The van der Waals surface area contributed by atoms with Crippen LogP contribution in [-0.2, 0) is 0 Å². The minimum atomic E-state index is -0.100. The molecule has 3 nitrogen and oxygen atoms in total. The average molecular weight is 229 g/mol. The zero-order valence-corrected chi connectivity index (χ0v) is 10.4. The van der Waals surface area contributed by atoms with Crippen LogP contribution in [0.2, 0.25) is 0 Å². The first-order chi connectivity index (χ1) is 8.18. The van der Waals surface area contributed by atoms with Crippen molar-refractivity contribution in [1.29, 1.82) is 0 Å². The van der Waals surface area contributed by atoms with E-state index in [1.165, 1.54) is 5.39 Å². The fourth-order valence-electron chi connectivity index (χ4n) is 1.79. The molecule has 1 atom stereocenters. The summed E-state index contributed by atoms with van der Waals surface area (Å²) in [6, 6.07) is 10.3. The molecule has 0 aliphatic carbocycles. The van der Waals surface area contributed by atoms with Crippen molar-refractivity contribution in [2.45, 2.75) is 25.8 Å². The van der Waals surface area contributed by atoms with E-state index in [0.717, 1.165) is 17.6 Å². The first kappa shape index (κ1) is 11.9. The lowest BCUT2D eigenvalue weighted by atomic mass is 9.99. The van der Waals surface area contributed by atoms with Gasteiger partial charge in [-0.25, -0.2) is 4.98 Å². The lowest BCUT2D eigenvalue weighted by molar-refractivity contribution is 0.505. The molecule has 0 fully saturated rings. The highest BCUT2D eigenvalue weighted by atomic mass is 15.1. The summed E-state index contributed by atoms with van der Waals surface area (Å²) in [7, 11) is 0. The summed E-state index contributed by atoms with van der Waals surface area (Å²) >= 11 is 0. The average Bonchev–Trinajstić information content (AvgIpc) is 2.39. The third kappa shape index (κ3) is 2.39. The molecule has 3 N–H and O–H groups in total. The van der Waals surface area contributed by atoms with Crippen molar-refractivity contribution >= 4 is 16.6 Å². The number of anilines is 1. The van der Waals surface area contributed by atoms with E-state index in [2.05, 4.69) is 36.3 Å². The van der Waals surface area contributed by atoms with Crippen molar-refractivity contribution < 1.29 is 0 Å². The van der Waals surface area contributed by atoms with Crippen molar-refractivity contribution in [2.24, 2.45) is 5.73 Å². The Hall–Kier alpha value is -1.61. The summed E-state index contributed by atoms with van der Waals surface area (Å²) in [5.41, 5.74) is 5.72. The summed E-state index contributed by atoms with van der Waals surface area (Å²) in [6.45, 7) is 4.84. The maximum absolute atomic E-state index is 5.82. The Morgan fingerprint density at radius 1 is 1.29 bits per heavy atom. The van der Waals surface area contributed by atoms with Crippen LogP contribution in [0.15, 0.2) is 36.5 Å². The molecule has 0 bridgehead atoms. The second-order valence-corrected chi connectivity index (χ2v) is 4.62. The molecule has 0 spiro atoms. The Morgan fingerprint density at radius 3 is 2.76 bits per heavy atom. The molecular weight excluding hydrogens is 210 g/mol. The molecule has 0 aliphatic rings. The van der Waals surface area contributed by atoms with Gasteiger partial charge >= 0.3 is 0 Å². The van der Waals surface area contributed by atoms with Crippen LogP contribution in [-0.4, -0.2) is 17.1 Å².